The summed E-state index contributed by atoms with van der Waals surface area (Å²) >= 11 is 1.72. The Kier molecular flexibility index (Phi) is 4.74. The fourth-order valence-electron chi connectivity index (χ4n) is 1.37. The highest BCUT2D eigenvalue weighted by Crippen LogP contribution is 2.17. The van der Waals surface area contributed by atoms with Gasteiger partial charge in [-0.1, -0.05) is 13.8 Å². The van der Waals surface area contributed by atoms with E-state index < -0.39 is 5.97 Å². The molecule has 0 atom stereocenters. The molecule has 1 aromatic rings. The number of aromatic nitrogens is 2. The molecule has 6 heteroatoms. The van der Waals surface area contributed by atoms with E-state index in [1.54, 1.807) is 18.7 Å². The van der Waals surface area contributed by atoms with Gasteiger partial charge in [-0.2, -0.15) is 11.8 Å². The van der Waals surface area contributed by atoms with Crippen molar-refractivity contribution in [3.05, 3.63) is 17.1 Å². The lowest BCUT2D eigenvalue weighted by molar-refractivity contribution is 0.0696. The molecule has 0 saturated heterocycles. The van der Waals surface area contributed by atoms with Crippen LogP contribution in [0.4, 0.5) is 5.82 Å². The number of carboxylic acid groups (broad SMARTS) is 1. The summed E-state index contributed by atoms with van der Waals surface area (Å²) in [6, 6.07) is 0. The first kappa shape index (κ1) is 13.8. The zero-order valence-corrected chi connectivity index (χ0v) is 11.0. The van der Waals surface area contributed by atoms with E-state index in [4.69, 9.17) is 10.8 Å². The Bertz CT molecular complexity index is 398. The Morgan fingerprint density at radius 3 is 2.59 bits per heavy atom. The third kappa shape index (κ3) is 3.89. The van der Waals surface area contributed by atoms with Crippen molar-refractivity contribution >= 4 is 23.5 Å². The highest BCUT2D eigenvalue weighted by molar-refractivity contribution is 7.98. The van der Waals surface area contributed by atoms with E-state index in [2.05, 4.69) is 23.8 Å². The standard InChI is InChI=1S/C11H17N3O2S/c1-6(2)4-17-5-8-13-7(3)9(11(15)16)10(12)14-8/h6H,4-5H2,1-3H3,(H,15,16)(H2,12,13,14). The van der Waals surface area contributed by atoms with Crippen LogP contribution in [0.5, 0.6) is 0 Å². The number of carbonyl (C=O) groups is 1. The Hall–Kier alpha value is -1.30. The monoisotopic (exact) mass is 255 g/mol. The molecule has 0 bridgehead atoms. The van der Waals surface area contributed by atoms with Gasteiger partial charge in [-0.3, -0.25) is 0 Å². The van der Waals surface area contributed by atoms with Gasteiger partial charge in [0.2, 0.25) is 0 Å². The van der Waals surface area contributed by atoms with Crippen molar-refractivity contribution in [2.24, 2.45) is 5.92 Å². The van der Waals surface area contributed by atoms with Gasteiger partial charge >= 0.3 is 5.97 Å². The molecule has 1 rings (SSSR count). The van der Waals surface area contributed by atoms with Crippen LogP contribution >= 0.6 is 11.8 Å². The van der Waals surface area contributed by atoms with Crippen molar-refractivity contribution in [1.29, 1.82) is 0 Å². The Labute approximate surface area is 105 Å². The van der Waals surface area contributed by atoms with Gasteiger partial charge in [0.1, 0.15) is 17.2 Å². The van der Waals surface area contributed by atoms with Crippen molar-refractivity contribution < 1.29 is 9.90 Å². The number of carboxylic acids is 1. The van der Waals surface area contributed by atoms with Crippen molar-refractivity contribution in [3.63, 3.8) is 0 Å². The smallest absolute Gasteiger partial charge is 0.341 e. The minimum Gasteiger partial charge on any atom is -0.477 e. The summed E-state index contributed by atoms with van der Waals surface area (Å²) in [6.07, 6.45) is 0. The van der Waals surface area contributed by atoms with E-state index in [9.17, 15) is 4.79 Å². The van der Waals surface area contributed by atoms with Crippen LogP contribution in [0.15, 0.2) is 0 Å². The minimum atomic E-state index is -1.08. The Morgan fingerprint density at radius 1 is 1.47 bits per heavy atom. The predicted molar refractivity (Wildman–Crippen MR) is 69.1 cm³/mol. The molecule has 0 radical (unpaired) electrons. The number of anilines is 1. The van der Waals surface area contributed by atoms with Gasteiger partial charge < -0.3 is 10.8 Å². The van der Waals surface area contributed by atoms with Crippen LogP contribution in [-0.4, -0.2) is 26.8 Å². The lowest BCUT2D eigenvalue weighted by Gasteiger charge is -2.07. The lowest BCUT2D eigenvalue weighted by Crippen LogP contribution is -2.11. The lowest BCUT2D eigenvalue weighted by atomic mass is 10.2. The second kappa shape index (κ2) is 5.86. The number of hydrogen-bond acceptors (Lipinski definition) is 5. The van der Waals surface area contributed by atoms with E-state index in [1.807, 2.05) is 0 Å². The van der Waals surface area contributed by atoms with Gasteiger partial charge in [-0.05, 0) is 18.6 Å². The van der Waals surface area contributed by atoms with E-state index >= 15 is 0 Å². The van der Waals surface area contributed by atoms with Gasteiger partial charge in [0, 0.05) is 0 Å². The summed E-state index contributed by atoms with van der Waals surface area (Å²) in [5.41, 5.74) is 6.04. The van der Waals surface area contributed by atoms with Crippen molar-refractivity contribution in [3.8, 4) is 0 Å². The molecule has 0 aliphatic rings. The average molecular weight is 255 g/mol. The van der Waals surface area contributed by atoms with Crippen LogP contribution in [0.2, 0.25) is 0 Å². The Morgan fingerprint density at radius 2 is 2.12 bits per heavy atom. The fourth-order valence-corrected chi connectivity index (χ4v) is 2.27. The molecule has 0 unspecified atom stereocenters. The zero-order valence-electron chi connectivity index (χ0n) is 10.2. The fraction of sp³-hybridized carbons (Fsp3) is 0.545. The highest BCUT2D eigenvalue weighted by atomic mass is 32.2. The maximum Gasteiger partial charge on any atom is 0.341 e. The number of nitrogens with two attached hydrogens (primary N) is 1. The van der Waals surface area contributed by atoms with Gasteiger partial charge in [0.15, 0.2) is 0 Å². The van der Waals surface area contributed by atoms with E-state index in [-0.39, 0.29) is 11.4 Å². The SMILES string of the molecule is Cc1nc(CSCC(C)C)nc(N)c1C(=O)O. The molecule has 0 fully saturated rings. The maximum absolute atomic E-state index is 10.9. The van der Waals surface area contributed by atoms with E-state index in [0.29, 0.717) is 23.2 Å². The highest BCUT2D eigenvalue weighted by Gasteiger charge is 2.15. The molecule has 0 aliphatic carbocycles. The molecule has 1 heterocycles. The molecule has 0 aliphatic heterocycles. The van der Waals surface area contributed by atoms with Crippen LogP contribution in [0.1, 0.15) is 35.7 Å². The Balaban J connectivity index is 2.80. The molecule has 0 saturated carbocycles. The number of rotatable bonds is 5. The minimum absolute atomic E-state index is 0.00242. The van der Waals surface area contributed by atoms with Gasteiger partial charge in [-0.15, -0.1) is 0 Å². The first-order valence-corrected chi connectivity index (χ1v) is 6.51. The molecule has 0 aromatic carbocycles. The first-order chi connectivity index (χ1) is 7.91. The zero-order chi connectivity index (χ0) is 13.0. The number of nitrogens with zero attached hydrogens (tertiary/aromatic N) is 2. The molecule has 0 spiro atoms. The van der Waals surface area contributed by atoms with Gasteiger partial charge in [-0.25, -0.2) is 14.8 Å². The third-order valence-corrected chi connectivity index (χ3v) is 3.43. The molecule has 3 N–H and O–H groups in total. The summed E-state index contributed by atoms with van der Waals surface area (Å²) < 4.78 is 0. The van der Waals surface area contributed by atoms with Gasteiger partial charge in [0.25, 0.3) is 0 Å². The van der Waals surface area contributed by atoms with Crippen LogP contribution in [-0.2, 0) is 5.75 Å². The van der Waals surface area contributed by atoms with Crippen LogP contribution in [0.25, 0.3) is 0 Å². The topological polar surface area (TPSA) is 89.1 Å². The summed E-state index contributed by atoms with van der Waals surface area (Å²) in [7, 11) is 0. The predicted octanol–water partition coefficient (Wildman–Crippen LogP) is 1.95. The largest absolute Gasteiger partial charge is 0.477 e. The van der Waals surface area contributed by atoms with Crippen molar-refractivity contribution in [2.75, 3.05) is 11.5 Å². The third-order valence-electron chi connectivity index (χ3n) is 2.06. The average Bonchev–Trinajstić information content (AvgIpc) is 2.14. The normalized spacial score (nSPS) is 10.8. The summed E-state index contributed by atoms with van der Waals surface area (Å²) in [4.78, 5) is 19.1. The number of thioether (sulfide) groups is 1. The van der Waals surface area contributed by atoms with Crippen LogP contribution in [0, 0.1) is 12.8 Å². The van der Waals surface area contributed by atoms with Crippen molar-refractivity contribution in [2.45, 2.75) is 26.5 Å². The quantitative estimate of drug-likeness (QED) is 0.836. The summed E-state index contributed by atoms with van der Waals surface area (Å²) in [6.45, 7) is 5.92. The molecule has 5 nitrogen and oxygen atoms in total. The van der Waals surface area contributed by atoms with Crippen LogP contribution < -0.4 is 5.73 Å². The molecule has 0 amide bonds. The number of aryl methyl sites for hydroxylation is 1. The maximum atomic E-state index is 10.9. The van der Waals surface area contributed by atoms with E-state index in [0.717, 1.165) is 5.75 Å². The number of hydrogen-bond donors (Lipinski definition) is 2. The number of nitrogen functional groups attached to an aromatic ring is 1. The molecular formula is C11H17N3O2S. The molecule has 17 heavy (non-hydrogen) atoms. The van der Waals surface area contributed by atoms with Crippen LogP contribution in [0.3, 0.4) is 0 Å². The molecule has 1 aromatic heterocycles. The second-order valence-electron chi connectivity index (χ2n) is 4.20. The first-order valence-electron chi connectivity index (χ1n) is 5.35. The molecular weight excluding hydrogens is 238 g/mol. The summed E-state index contributed by atoms with van der Waals surface area (Å²) in [5.74, 6) is 1.84. The second-order valence-corrected chi connectivity index (χ2v) is 5.23. The molecule has 94 valence electrons. The number of aromatic carboxylic acids is 1. The summed E-state index contributed by atoms with van der Waals surface area (Å²) in [5, 5.41) is 8.92. The van der Waals surface area contributed by atoms with E-state index in [1.165, 1.54) is 0 Å². The van der Waals surface area contributed by atoms with Crippen molar-refractivity contribution in [1.82, 2.24) is 9.97 Å². The van der Waals surface area contributed by atoms with Gasteiger partial charge in [0.05, 0.1) is 11.4 Å².